The van der Waals surface area contributed by atoms with Crippen molar-refractivity contribution >= 4 is 21.6 Å². The van der Waals surface area contributed by atoms with Gasteiger partial charge in [-0.2, -0.15) is 0 Å². The van der Waals surface area contributed by atoms with E-state index in [9.17, 15) is 13.5 Å². The molecule has 0 bridgehead atoms. The van der Waals surface area contributed by atoms with E-state index in [1.54, 1.807) is 6.08 Å². The van der Waals surface area contributed by atoms with Crippen molar-refractivity contribution in [1.82, 2.24) is 4.72 Å². The number of nitrogens with one attached hydrogen (secondary N) is 1. The van der Waals surface area contributed by atoms with Gasteiger partial charge in [-0.05, 0) is 37.5 Å². The van der Waals surface area contributed by atoms with Crippen molar-refractivity contribution in [2.45, 2.75) is 29.8 Å². The van der Waals surface area contributed by atoms with Crippen LogP contribution in [0.2, 0.25) is 5.02 Å². The molecule has 1 aliphatic rings. The van der Waals surface area contributed by atoms with E-state index in [0.717, 1.165) is 12.8 Å². The van der Waals surface area contributed by atoms with E-state index in [0.29, 0.717) is 12.2 Å². The second-order valence-electron chi connectivity index (χ2n) is 5.02. The van der Waals surface area contributed by atoms with Crippen LogP contribution in [0.25, 0.3) is 0 Å². The first-order valence-corrected chi connectivity index (χ1v) is 8.46. The second-order valence-corrected chi connectivity index (χ2v) is 7.19. The molecule has 1 aliphatic carbocycles. The zero-order chi connectivity index (χ0) is 15.5. The van der Waals surface area contributed by atoms with Crippen LogP contribution >= 0.6 is 11.6 Å². The number of rotatable bonds is 5. The smallest absolute Gasteiger partial charge is 0.240 e. The molecular weight excluding hydrogens is 314 g/mol. The fourth-order valence-electron chi connectivity index (χ4n) is 2.18. The average Bonchev–Trinajstić information content (AvgIpc) is 2.46. The molecule has 0 aliphatic heterocycles. The average molecular weight is 332 g/mol. The van der Waals surface area contributed by atoms with Crippen molar-refractivity contribution in [2.75, 3.05) is 13.7 Å². The highest BCUT2D eigenvalue weighted by molar-refractivity contribution is 7.89. The summed E-state index contributed by atoms with van der Waals surface area (Å²) in [6.07, 6.45) is 5.80. The molecule has 2 N–H and O–H groups in total. The van der Waals surface area contributed by atoms with Gasteiger partial charge >= 0.3 is 0 Å². The van der Waals surface area contributed by atoms with Crippen LogP contribution in [0.3, 0.4) is 0 Å². The first kappa shape index (κ1) is 16.3. The standard InChI is InChI=1S/C14H18ClNO4S/c1-20-13-6-5-11(9-12(13)15)21(18,19)16-10-14(17)7-3-2-4-8-14/h3,5-7,9,16-17H,2,4,8,10H2,1H3. The first-order valence-electron chi connectivity index (χ1n) is 6.60. The summed E-state index contributed by atoms with van der Waals surface area (Å²) in [6.45, 7) is -0.0600. The number of sulfonamides is 1. The van der Waals surface area contributed by atoms with Gasteiger partial charge in [0.1, 0.15) is 5.75 Å². The van der Waals surface area contributed by atoms with Crippen molar-refractivity contribution < 1.29 is 18.3 Å². The minimum atomic E-state index is -3.73. The van der Waals surface area contributed by atoms with Gasteiger partial charge in [0.2, 0.25) is 10.0 Å². The van der Waals surface area contributed by atoms with Gasteiger partial charge < -0.3 is 9.84 Å². The molecule has 0 amide bonds. The molecule has 0 saturated heterocycles. The molecule has 1 unspecified atom stereocenters. The number of aliphatic hydroxyl groups is 1. The Kier molecular flexibility index (Phi) is 4.93. The van der Waals surface area contributed by atoms with Gasteiger partial charge in [0.25, 0.3) is 0 Å². The molecule has 116 valence electrons. The number of hydrogen-bond donors (Lipinski definition) is 2. The van der Waals surface area contributed by atoms with Crippen molar-refractivity contribution in [2.24, 2.45) is 0 Å². The maximum atomic E-state index is 12.2. The fourth-order valence-corrected chi connectivity index (χ4v) is 3.63. The molecule has 21 heavy (non-hydrogen) atoms. The van der Waals surface area contributed by atoms with Crippen LogP contribution in [-0.4, -0.2) is 32.8 Å². The van der Waals surface area contributed by atoms with Crippen LogP contribution in [0.15, 0.2) is 35.2 Å². The lowest BCUT2D eigenvalue weighted by molar-refractivity contribution is 0.0797. The minimum Gasteiger partial charge on any atom is -0.495 e. The van der Waals surface area contributed by atoms with Gasteiger partial charge in [-0.1, -0.05) is 23.8 Å². The SMILES string of the molecule is COc1ccc(S(=O)(=O)NCC2(O)C=CCCC2)cc1Cl. The largest absolute Gasteiger partial charge is 0.495 e. The van der Waals surface area contributed by atoms with E-state index < -0.39 is 15.6 Å². The Morgan fingerprint density at radius 3 is 2.81 bits per heavy atom. The van der Waals surface area contributed by atoms with Crippen LogP contribution < -0.4 is 9.46 Å². The Hall–Kier alpha value is -1.08. The summed E-state index contributed by atoms with van der Waals surface area (Å²) in [7, 11) is -2.27. The van der Waals surface area contributed by atoms with E-state index in [-0.39, 0.29) is 16.5 Å². The topological polar surface area (TPSA) is 75.6 Å². The Bertz CT molecular complexity index is 644. The first-order chi connectivity index (χ1) is 9.86. The van der Waals surface area contributed by atoms with Gasteiger partial charge in [0.15, 0.2) is 0 Å². The monoisotopic (exact) mass is 331 g/mol. The quantitative estimate of drug-likeness (QED) is 0.810. The molecule has 0 heterocycles. The number of ether oxygens (including phenoxy) is 1. The summed E-state index contributed by atoms with van der Waals surface area (Å²) in [5.41, 5.74) is -1.12. The van der Waals surface area contributed by atoms with E-state index in [4.69, 9.17) is 16.3 Å². The maximum absolute atomic E-state index is 12.2. The van der Waals surface area contributed by atoms with Gasteiger partial charge in [-0.25, -0.2) is 13.1 Å². The summed E-state index contributed by atoms with van der Waals surface area (Å²) >= 11 is 5.93. The number of benzene rings is 1. The van der Waals surface area contributed by atoms with E-state index in [1.807, 2.05) is 6.08 Å². The van der Waals surface area contributed by atoms with E-state index >= 15 is 0 Å². The molecule has 0 radical (unpaired) electrons. The molecule has 1 aromatic carbocycles. The summed E-state index contributed by atoms with van der Waals surface area (Å²) in [5.74, 6) is 0.407. The van der Waals surface area contributed by atoms with Gasteiger partial charge in [-0.15, -0.1) is 0 Å². The number of hydrogen-bond acceptors (Lipinski definition) is 4. The minimum absolute atomic E-state index is 0.0386. The normalized spacial score (nSPS) is 22.2. The highest BCUT2D eigenvalue weighted by Crippen LogP contribution is 2.27. The lowest BCUT2D eigenvalue weighted by Gasteiger charge is -2.27. The van der Waals surface area contributed by atoms with Crippen LogP contribution in [-0.2, 0) is 10.0 Å². The molecule has 5 nitrogen and oxygen atoms in total. The molecular formula is C14H18ClNO4S. The maximum Gasteiger partial charge on any atom is 0.240 e. The third-order valence-electron chi connectivity index (χ3n) is 3.41. The summed E-state index contributed by atoms with van der Waals surface area (Å²) < 4.78 is 31.9. The highest BCUT2D eigenvalue weighted by atomic mass is 35.5. The van der Waals surface area contributed by atoms with Crippen LogP contribution in [0.4, 0.5) is 0 Å². The predicted octanol–water partition coefficient (Wildman–Crippen LogP) is 2.10. The summed E-state index contributed by atoms with van der Waals surface area (Å²) in [6, 6.07) is 4.23. The summed E-state index contributed by atoms with van der Waals surface area (Å²) in [4.78, 5) is 0.0386. The summed E-state index contributed by atoms with van der Waals surface area (Å²) in [5, 5.41) is 10.5. The third kappa shape index (κ3) is 3.97. The third-order valence-corrected chi connectivity index (χ3v) is 5.10. The van der Waals surface area contributed by atoms with Crippen molar-refractivity contribution in [3.63, 3.8) is 0 Å². The molecule has 0 saturated carbocycles. The van der Waals surface area contributed by atoms with Crippen LogP contribution in [0, 0.1) is 0 Å². The lowest BCUT2D eigenvalue weighted by Crippen LogP contribution is -2.42. The molecule has 0 fully saturated rings. The molecule has 2 rings (SSSR count). The predicted molar refractivity (Wildman–Crippen MR) is 81.1 cm³/mol. The number of allylic oxidation sites excluding steroid dienone is 1. The van der Waals surface area contributed by atoms with Gasteiger partial charge in [0.05, 0.1) is 22.6 Å². The van der Waals surface area contributed by atoms with Crippen molar-refractivity contribution in [3.8, 4) is 5.75 Å². The van der Waals surface area contributed by atoms with Gasteiger partial charge in [-0.3, -0.25) is 0 Å². The Balaban J connectivity index is 2.13. The molecule has 0 aromatic heterocycles. The van der Waals surface area contributed by atoms with Crippen LogP contribution in [0.5, 0.6) is 5.75 Å². The van der Waals surface area contributed by atoms with E-state index in [2.05, 4.69) is 4.72 Å². The van der Waals surface area contributed by atoms with E-state index in [1.165, 1.54) is 25.3 Å². The van der Waals surface area contributed by atoms with Crippen molar-refractivity contribution in [3.05, 3.63) is 35.4 Å². The lowest BCUT2D eigenvalue weighted by atomic mass is 9.91. The van der Waals surface area contributed by atoms with Crippen molar-refractivity contribution in [1.29, 1.82) is 0 Å². The number of methoxy groups -OCH3 is 1. The number of halogens is 1. The Labute approximate surface area is 129 Å². The zero-order valence-electron chi connectivity index (χ0n) is 11.7. The Morgan fingerprint density at radius 2 is 2.24 bits per heavy atom. The molecule has 1 atom stereocenters. The fraction of sp³-hybridized carbons (Fsp3) is 0.429. The van der Waals surface area contributed by atoms with Crippen LogP contribution in [0.1, 0.15) is 19.3 Å². The molecule has 1 aromatic rings. The molecule has 7 heteroatoms. The highest BCUT2D eigenvalue weighted by Gasteiger charge is 2.28. The second kappa shape index (κ2) is 6.36. The van der Waals surface area contributed by atoms with Gasteiger partial charge in [0, 0.05) is 6.54 Å². The Morgan fingerprint density at radius 1 is 1.48 bits per heavy atom. The molecule has 0 spiro atoms. The zero-order valence-corrected chi connectivity index (χ0v) is 13.2.